The molecule has 94 valence electrons. The number of carboxylic acid groups (broad SMARTS) is 1. The summed E-state index contributed by atoms with van der Waals surface area (Å²) >= 11 is 0. The van der Waals surface area contributed by atoms with Gasteiger partial charge in [0.2, 0.25) is 0 Å². The standard InChI is InChI=1S/C12H23NO3/c1-3-6-11(2,10(14)15)13-9-12(16)7-4-5-8-12/h13,16H,3-9H2,1-2H3,(H,14,15). The van der Waals surface area contributed by atoms with Gasteiger partial charge in [0.05, 0.1) is 5.60 Å². The van der Waals surface area contributed by atoms with E-state index >= 15 is 0 Å². The fourth-order valence-corrected chi connectivity index (χ4v) is 2.34. The highest BCUT2D eigenvalue weighted by atomic mass is 16.4. The monoisotopic (exact) mass is 229 g/mol. The van der Waals surface area contributed by atoms with Gasteiger partial charge in [0.1, 0.15) is 5.54 Å². The SMILES string of the molecule is CCCC(C)(NCC1(O)CCCC1)C(=O)O. The van der Waals surface area contributed by atoms with Gasteiger partial charge in [0, 0.05) is 6.54 Å². The minimum Gasteiger partial charge on any atom is -0.480 e. The predicted octanol–water partition coefficient (Wildman–Crippen LogP) is 1.52. The first kappa shape index (κ1) is 13.5. The van der Waals surface area contributed by atoms with E-state index in [0.29, 0.717) is 13.0 Å². The second-order valence-corrected chi connectivity index (χ2v) is 5.17. The van der Waals surface area contributed by atoms with E-state index in [1.54, 1.807) is 6.92 Å². The molecule has 0 bridgehead atoms. The minimum absolute atomic E-state index is 0.385. The third-order valence-corrected chi connectivity index (χ3v) is 3.56. The van der Waals surface area contributed by atoms with Crippen LogP contribution in [0.5, 0.6) is 0 Å². The number of hydrogen-bond donors (Lipinski definition) is 3. The summed E-state index contributed by atoms with van der Waals surface area (Å²) < 4.78 is 0. The van der Waals surface area contributed by atoms with E-state index in [4.69, 9.17) is 0 Å². The molecule has 0 radical (unpaired) electrons. The zero-order valence-corrected chi connectivity index (χ0v) is 10.3. The first-order valence-electron chi connectivity index (χ1n) is 6.13. The van der Waals surface area contributed by atoms with Crippen LogP contribution in [0, 0.1) is 0 Å². The number of hydrogen-bond acceptors (Lipinski definition) is 3. The topological polar surface area (TPSA) is 69.6 Å². The van der Waals surface area contributed by atoms with Crippen molar-refractivity contribution in [3.8, 4) is 0 Å². The second-order valence-electron chi connectivity index (χ2n) is 5.17. The number of aliphatic hydroxyl groups is 1. The Morgan fingerprint density at radius 2 is 2.00 bits per heavy atom. The molecule has 4 heteroatoms. The van der Waals surface area contributed by atoms with Gasteiger partial charge in [0.15, 0.2) is 0 Å². The molecule has 0 aliphatic heterocycles. The summed E-state index contributed by atoms with van der Waals surface area (Å²) in [6, 6.07) is 0. The molecule has 0 heterocycles. The minimum atomic E-state index is -0.910. The van der Waals surface area contributed by atoms with Crippen molar-refractivity contribution in [3.05, 3.63) is 0 Å². The van der Waals surface area contributed by atoms with Crippen molar-refractivity contribution in [3.63, 3.8) is 0 Å². The number of aliphatic carboxylic acids is 1. The molecule has 0 aromatic heterocycles. The van der Waals surface area contributed by atoms with Crippen molar-refractivity contribution < 1.29 is 15.0 Å². The zero-order chi connectivity index (χ0) is 12.2. The fraction of sp³-hybridized carbons (Fsp3) is 0.917. The average molecular weight is 229 g/mol. The van der Waals surface area contributed by atoms with Crippen LogP contribution in [0.4, 0.5) is 0 Å². The van der Waals surface area contributed by atoms with Gasteiger partial charge in [-0.2, -0.15) is 0 Å². The van der Waals surface area contributed by atoms with Gasteiger partial charge in [-0.3, -0.25) is 10.1 Å². The van der Waals surface area contributed by atoms with Crippen molar-refractivity contribution in [1.29, 1.82) is 0 Å². The maximum Gasteiger partial charge on any atom is 0.323 e. The molecule has 1 unspecified atom stereocenters. The van der Waals surface area contributed by atoms with Gasteiger partial charge in [-0.25, -0.2) is 0 Å². The van der Waals surface area contributed by atoms with Gasteiger partial charge in [-0.05, 0) is 26.2 Å². The summed E-state index contributed by atoms with van der Waals surface area (Å²) in [7, 11) is 0. The Kier molecular flexibility index (Phi) is 4.33. The summed E-state index contributed by atoms with van der Waals surface area (Å²) in [6.45, 7) is 4.04. The first-order valence-corrected chi connectivity index (χ1v) is 6.13. The van der Waals surface area contributed by atoms with Gasteiger partial charge in [-0.15, -0.1) is 0 Å². The highest BCUT2D eigenvalue weighted by molar-refractivity contribution is 5.78. The van der Waals surface area contributed by atoms with Crippen LogP contribution in [-0.4, -0.2) is 33.9 Å². The molecule has 0 aromatic rings. The number of carbonyl (C=O) groups is 1. The van der Waals surface area contributed by atoms with E-state index in [9.17, 15) is 15.0 Å². The highest BCUT2D eigenvalue weighted by Crippen LogP contribution is 2.29. The Morgan fingerprint density at radius 3 is 2.44 bits per heavy atom. The Balaban J connectivity index is 2.52. The quantitative estimate of drug-likeness (QED) is 0.646. The number of carboxylic acids is 1. The Bertz CT molecular complexity index is 249. The molecular weight excluding hydrogens is 206 g/mol. The lowest BCUT2D eigenvalue weighted by Crippen LogP contribution is -2.54. The molecule has 0 saturated heterocycles. The summed E-state index contributed by atoms with van der Waals surface area (Å²) in [4.78, 5) is 11.2. The molecule has 16 heavy (non-hydrogen) atoms. The summed E-state index contributed by atoms with van der Waals surface area (Å²) in [5, 5.41) is 22.4. The van der Waals surface area contributed by atoms with Crippen molar-refractivity contribution in [2.75, 3.05) is 6.54 Å². The van der Waals surface area contributed by atoms with Gasteiger partial charge < -0.3 is 10.2 Å². The molecule has 0 aromatic carbocycles. The lowest BCUT2D eigenvalue weighted by Gasteiger charge is -2.31. The highest BCUT2D eigenvalue weighted by Gasteiger charge is 2.37. The van der Waals surface area contributed by atoms with E-state index in [1.165, 1.54) is 0 Å². The summed E-state index contributed by atoms with van der Waals surface area (Å²) in [6.07, 6.45) is 5.03. The van der Waals surface area contributed by atoms with Crippen LogP contribution < -0.4 is 5.32 Å². The second kappa shape index (κ2) is 5.15. The van der Waals surface area contributed by atoms with Gasteiger partial charge in [-0.1, -0.05) is 26.2 Å². The van der Waals surface area contributed by atoms with Crippen molar-refractivity contribution in [2.24, 2.45) is 0 Å². The molecule has 1 atom stereocenters. The lowest BCUT2D eigenvalue weighted by molar-refractivity contribution is -0.145. The van der Waals surface area contributed by atoms with Crippen LogP contribution in [0.25, 0.3) is 0 Å². The molecule has 1 saturated carbocycles. The molecule has 0 spiro atoms. The fourth-order valence-electron chi connectivity index (χ4n) is 2.34. The van der Waals surface area contributed by atoms with Crippen molar-refractivity contribution in [1.82, 2.24) is 5.32 Å². The average Bonchev–Trinajstić information content (AvgIpc) is 2.63. The van der Waals surface area contributed by atoms with E-state index in [2.05, 4.69) is 5.32 Å². The Labute approximate surface area is 97.0 Å². The van der Waals surface area contributed by atoms with Crippen LogP contribution in [-0.2, 0) is 4.79 Å². The summed E-state index contributed by atoms with van der Waals surface area (Å²) in [5.74, 6) is -0.837. The number of β-amino-alcohol motifs (C(OH)–C–C–N with tert-alkyl or cyclic N) is 1. The zero-order valence-electron chi connectivity index (χ0n) is 10.3. The first-order chi connectivity index (χ1) is 7.42. The van der Waals surface area contributed by atoms with Crippen LogP contribution in [0.3, 0.4) is 0 Å². The number of nitrogens with one attached hydrogen (secondary N) is 1. The maximum atomic E-state index is 11.2. The Morgan fingerprint density at radius 1 is 1.44 bits per heavy atom. The molecule has 1 rings (SSSR count). The predicted molar refractivity (Wildman–Crippen MR) is 62.4 cm³/mol. The van der Waals surface area contributed by atoms with Gasteiger partial charge >= 0.3 is 5.97 Å². The van der Waals surface area contributed by atoms with E-state index in [-0.39, 0.29) is 0 Å². The lowest BCUT2D eigenvalue weighted by atomic mass is 9.94. The molecule has 3 N–H and O–H groups in total. The Hall–Kier alpha value is -0.610. The number of rotatable bonds is 6. The third-order valence-electron chi connectivity index (χ3n) is 3.56. The molecular formula is C12H23NO3. The molecule has 1 aliphatic rings. The van der Waals surface area contributed by atoms with Crippen LogP contribution in [0.15, 0.2) is 0 Å². The molecule has 1 aliphatic carbocycles. The van der Waals surface area contributed by atoms with Crippen molar-refractivity contribution >= 4 is 5.97 Å². The van der Waals surface area contributed by atoms with Crippen LogP contribution >= 0.6 is 0 Å². The third kappa shape index (κ3) is 3.19. The molecule has 1 fully saturated rings. The smallest absolute Gasteiger partial charge is 0.323 e. The van der Waals surface area contributed by atoms with E-state index in [1.807, 2.05) is 6.92 Å². The summed E-state index contributed by atoms with van der Waals surface area (Å²) in [5.41, 5.74) is -1.60. The van der Waals surface area contributed by atoms with Crippen molar-refractivity contribution in [2.45, 2.75) is 63.5 Å². The van der Waals surface area contributed by atoms with E-state index < -0.39 is 17.1 Å². The van der Waals surface area contributed by atoms with Crippen LogP contribution in [0.2, 0.25) is 0 Å². The largest absolute Gasteiger partial charge is 0.480 e. The van der Waals surface area contributed by atoms with Crippen LogP contribution in [0.1, 0.15) is 52.4 Å². The molecule has 4 nitrogen and oxygen atoms in total. The van der Waals surface area contributed by atoms with E-state index in [0.717, 1.165) is 32.1 Å². The molecule has 0 amide bonds. The van der Waals surface area contributed by atoms with Gasteiger partial charge in [0.25, 0.3) is 0 Å². The maximum absolute atomic E-state index is 11.2. The normalized spacial score (nSPS) is 22.9.